The van der Waals surface area contributed by atoms with Crippen molar-refractivity contribution in [1.82, 2.24) is 29.6 Å². The molecular formula is C14H22N6. The van der Waals surface area contributed by atoms with Crippen molar-refractivity contribution in [1.29, 1.82) is 0 Å². The number of hydrogen-bond donors (Lipinski definition) is 1. The molecule has 2 aromatic heterocycles. The van der Waals surface area contributed by atoms with Gasteiger partial charge >= 0.3 is 0 Å². The Labute approximate surface area is 119 Å². The minimum absolute atomic E-state index is 0.199. The standard InChI is InChI=1S/C14H22N6/c1-10(2)20-9-15-7-12(20)8-16-11(3)14-18-17-13-5-4-6-19(13)14/h7,9-11,16H,4-6,8H2,1-3H3. The zero-order valence-corrected chi connectivity index (χ0v) is 12.4. The van der Waals surface area contributed by atoms with Crippen molar-refractivity contribution < 1.29 is 0 Å². The summed E-state index contributed by atoms with van der Waals surface area (Å²) in [5.41, 5.74) is 1.20. The summed E-state index contributed by atoms with van der Waals surface area (Å²) in [5, 5.41) is 12.1. The summed E-state index contributed by atoms with van der Waals surface area (Å²) in [4.78, 5) is 4.23. The van der Waals surface area contributed by atoms with Gasteiger partial charge in [0.15, 0.2) is 0 Å². The summed E-state index contributed by atoms with van der Waals surface area (Å²) < 4.78 is 4.44. The molecule has 2 aromatic rings. The smallest absolute Gasteiger partial charge is 0.149 e. The molecule has 1 aliphatic rings. The third-order valence-electron chi connectivity index (χ3n) is 3.92. The molecule has 0 amide bonds. The number of nitrogens with one attached hydrogen (secondary N) is 1. The average molecular weight is 274 g/mol. The highest BCUT2D eigenvalue weighted by Crippen LogP contribution is 2.19. The van der Waals surface area contributed by atoms with Crippen molar-refractivity contribution >= 4 is 0 Å². The van der Waals surface area contributed by atoms with Crippen molar-refractivity contribution in [3.8, 4) is 0 Å². The number of aryl methyl sites for hydroxylation is 1. The fourth-order valence-corrected chi connectivity index (χ4v) is 2.78. The van der Waals surface area contributed by atoms with Gasteiger partial charge in [-0.3, -0.25) is 0 Å². The van der Waals surface area contributed by atoms with E-state index in [1.165, 1.54) is 12.1 Å². The molecule has 0 radical (unpaired) electrons. The van der Waals surface area contributed by atoms with Crippen LogP contribution in [0.2, 0.25) is 0 Å². The van der Waals surface area contributed by atoms with Gasteiger partial charge in [0.1, 0.15) is 11.6 Å². The van der Waals surface area contributed by atoms with Crippen LogP contribution in [0.25, 0.3) is 0 Å². The van der Waals surface area contributed by atoms with Crippen LogP contribution in [0, 0.1) is 0 Å². The second kappa shape index (κ2) is 5.36. The lowest BCUT2D eigenvalue weighted by atomic mass is 10.3. The quantitative estimate of drug-likeness (QED) is 0.904. The van der Waals surface area contributed by atoms with E-state index in [0.717, 1.165) is 31.2 Å². The topological polar surface area (TPSA) is 60.6 Å². The van der Waals surface area contributed by atoms with Crippen LogP contribution < -0.4 is 5.32 Å². The predicted octanol–water partition coefficient (Wildman–Crippen LogP) is 1.85. The maximum absolute atomic E-state index is 4.32. The Balaban J connectivity index is 1.67. The Hall–Kier alpha value is -1.69. The van der Waals surface area contributed by atoms with E-state index < -0.39 is 0 Å². The molecule has 0 bridgehead atoms. The first-order chi connectivity index (χ1) is 9.66. The third kappa shape index (κ3) is 2.35. The normalized spacial score (nSPS) is 15.8. The summed E-state index contributed by atoms with van der Waals surface area (Å²) in [5.74, 6) is 2.17. The number of fused-ring (bicyclic) bond motifs is 1. The van der Waals surface area contributed by atoms with E-state index in [1.54, 1.807) is 0 Å². The van der Waals surface area contributed by atoms with Crippen LogP contribution >= 0.6 is 0 Å². The minimum atomic E-state index is 0.199. The van der Waals surface area contributed by atoms with Crippen LogP contribution in [0.15, 0.2) is 12.5 Å². The molecule has 0 saturated carbocycles. The van der Waals surface area contributed by atoms with E-state index >= 15 is 0 Å². The Morgan fingerprint density at radius 3 is 2.95 bits per heavy atom. The van der Waals surface area contributed by atoms with Gasteiger partial charge in [-0.1, -0.05) is 0 Å². The monoisotopic (exact) mass is 274 g/mol. The maximum Gasteiger partial charge on any atom is 0.149 e. The van der Waals surface area contributed by atoms with Crippen LogP contribution in [-0.2, 0) is 19.5 Å². The van der Waals surface area contributed by atoms with Crippen LogP contribution in [0.5, 0.6) is 0 Å². The van der Waals surface area contributed by atoms with Gasteiger partial charge in [-0.15, -0.1) is 10.2 Å². The second-order valence-corrected chi connectivity index (χ2v) is 5.72. The lowest BCUT2D eigenvalue weighted by molar-refractivity contribution is 0.489. The molecule has 0 fully saturated rings. The first-order valence-corrected chi connectivity index (χ1v) is 7.33. The predicted molar refractivity (Wildman–Crippen MR) is 76.2 cm³/mol. The van der Waals surface area contributed by atoms with Crippen LogP contribution in [-0.4, -0.2) is 24.3 Å². The highest BCUT2D eigenvalue weighted by molar-refractivity contribution is 5.05. The number of aromatic nitrogens is 5. The molecule has 0 spiro atoms. The van der Waals surface area contributed by atoms with E-state index in [1.807, 2.05) is 12.5 Å². The van der Waals surface area contributed by atoms with E-state index in [2.05, 4.69) is 50.4 Å². The Bertz CT molecular complexity index is 582. The summed E-state index contributed by atoms with van der Waals surface area (Å²) in [6.45, 7) is 8.32. The van der Waals surface area contributed by atoms with E-state index in [0.29, 0.717) is 6.04 Å². The average Bonchev–Trinajstić information content (AvgIpc) is 3.11. The third-order valence-corrected chi connectivity index (χ3v) is 3.92. The van der Waals surface area contributed by atoms with Gasteiger partial charge in [0.05, 0.1) is 18.1 Å². The van der Waals surface area contributed by atoms with Crippen molar-refractivity contribution in [3.63, 3.8) is 0 Å². The maximum atomic E-state index is 4.32. The van der Waals surface area contributed by atoms with Crippen LogP contribution in [0.3, 0.4) is 0 Å². The zero-order chi connectivity index (χ0) is 14.1. The molecule has 1 unspecified atom stereocenters. The van der Waals surface area contributed by atoms with E-state index in [4.69, 9.17) is 0 Å². The molecule has 1 N–H and O–H groups in total. The summed E-state index contributed by atoms with van der Waals surface area (Å²) in [6.07, 6.45) is 6.06. The Morgan fingerprint density at radius 1 is 1.30 bits per heavy atom. The van der Waals surface area contributed by atoms with Crippen molar-refractivity contribution in [2.75, 3.05) is 0 Å². The molecule has 0 aliphatic carbocycles. The minimum Gasteiger partial charge on any atom is -0.331 e. The van der Waals surface area contributed by atoms with Gasteiger partial charge < -0.3 is 14.5 Å². The highest BCUT2D eigenvalue weighted by Gasteiger charge is 2.21. The molecule has 0 saturated heterocycles. The second-order valence-electron chi connectivity index (χ2n) is 5.72. The number of hydrogen-bond acceptors (Lipinski definition) is 4. The highest BCUT2D eigenvalue weighted by atomic mass is 15.3. The number of imidazole rings is 1. The molecule has 6 nitrogen and oxygen atoms in total. The largest absolute Gasteiger partial charge is 0.331 e. The lowest BCUT2D eigenvalue weighted by Gasteiger charge is -2.16. The van der Waals surface area contributed by atoms with Gasteiger partial charge in [0.25, 0.3) is 0 Å². The van der Waals surface area contributed by atoms with Crippen molar-refractivity contribution in [3.05, 3.63) is 29.9 Å². The fourth-order valence-electron chi connectivity index (χ4n) is 2.78. The molecule has 3 rings (SSSR count). The van der Waals surface area contributed by atoms with Crippen LogP contribution in [0.1, 0.15) is 56.6 Å². The summed E-state index contributed by atoms with van der Waals surface area (Å²) in [7, 11) is 0. The van der Waals surface area contributed by atoms with Crippen LogP contribution in [0.4, 0.5) is 0 Å². The molecular weight excluding hydrogens is 252 g/mol. The molecule has 1 aliphatic heterocycles. The zero-order valence-electron chi connectivity index (χ0n) is 12.4. The summed E-state index contributed by atoms with van der Waals surface area (Å²) >= 11 is 0. The number of nitrogens with zero attached hydrogens (tertiary/aromatic N) is 5. The van der Waals surface area contributed by atoms with Gasteiger partial charge in [0.2, 0.25) is 0 Å². The Morgan fingerprint density at radius 2 is 2.15 bits per heavy atom. The Kier molecular flexibility index (Phi) is 3.56. The van der Waals surface area contributed by atoms with E-state index in [-0.39, 0.29) is 6.04 Å². The lowest BCUT2D eigenvalue weighted by Crippen LogP contribution is -2.23. The molecule has 108 valence electrons. The van der Waals surface area contributed by atoms with Gasteiger partial charge in [-0.05, 0) is 27.2 Å². The van der Waals surface area contributed by atoms with Gasteiger partial charge in [-0.25, -0.2) is 4.98 Å². The molecule has 0 aromatic carbocycles. The van der Waals surface area contributed by atoms with Gasteiger partial charge in [-0.2, -0.15) is 0 Å². The van der Waals surface area contributed by atoms with E-state index in [9.17, 15) is 0 Å². The van der Waals surface area contributed by atoms with Gasteiger partial charge in [0, 0.05) is 31.7 Å². The molecule has 1 atom stereocenters. The van der Waals surface area contributed by atoms with Crippen molar-refractivity contribution in [2.24, 2.45) is 0 Å². The summed E-state index contributed by atoms with van der Waals surface area (Å²) in [6, 6.07) is 0.631. The molecule has 3 heterocycles. The first-order valence-electron chi connectivity index (χ1n) is 7.33. The molecule has 20 heavy (non-hydrogen) atoms. The SMILES string of the molecule is CC(NCc1cncn1C(C)C)c1nnc2n1CCC2. The first kappa shape index (κ1) is 13.3. The fraction of sp³-hybridized carbons (Fsp3) is 0.643. The number of rotatable bonds is 5. The van der Waals surface area contributed by atoms with Crippen molar-refractivity contribution in [2.45, 2.75) is 58.8 Å². The molecule has 6 heteroatoms.